The minimum Gasteiger partial charge on any atom is -0.348 e. The molecule has 1 aromatic carbocycles. The zero-order valence-electron chi connectivity index (χ0n) is 12.5. The van der Waals surface area contributed by atoms with Crippen LogP contribution in [-0.4, -0.2) is 16.4 Å². The van der Waals surface area contributed by atoms with E-state index >= 15 is 0 Å². The number of nitro groups is 1. The monoisotopic (exact) mass is 315 g/mol. The van der Waals surface area contributed by atoms with Crippen molar-refractivity contribution in [2.75, 3.05) is 0 Å². The zero-order chi connectivity index (χ0) is 15.3. The lowest BCUT2D eigenvalue weighted by atomic mass is 9.95. The van der Waals surface area contributed by atoms with Gasteiger partial charge in [-0.05, 0) is 25.8 Å². The average molecular weight is 316 g/mol. The number of nitrogens with zero attached hydrogens (tertiary/aromatic N) is 1. The molecule has 2 atom stereocenters. The Bertz CT molecular complexity index is 506. The highest BCUT2D eigenvalue weighted by molar-refractivity contribution is 5.86. The molecule has 21 heavy (non-hydrogen) atoms. The second kappa shape index (κ2) is 7.95. The van der Waals surface area contributed by atoms with E-state index < -0.39 is 10.5 Å². The first-order chi connectivity index (χ1) is 9.27. The zero-order valence-corrected chi connectivity index (χ0v) is 13.3. The molecule has 0 radical (unpaired) electrons. The Hall–Kier alpha value is -1.66. The molecular formula is C14H22ClN3O3. The molecule has 0 fully saturated rings. The van der Waals surface area contributed by atoms with Crippen LogP contribution in [0, 0.1) is 10.1 Å². The fraction of sp³-hybridized carbons (Fsp3) is 0.500. The van der Waals surface area contributed by atoms with Gasteiger partial charge in [0.15, 0.2) is 0 Å². The van der Waals surface area contributed by atoms with Crippen LogP contribution in [0.25, 0.3) is 0 Å². The summed E-state index contributed by atoms with van der Waals surface area (Å²) in [5.41, 5.74) is 5.72. The van der Waals surface area contributed by atoms with Gasteiger partial charge in [0, 0.05) is 12.1 Å². The standard InChI is InChI=1S/C14H21N3O3.ClH/c1-4-8-14(3,15)13(18)16-10(2)11-6-5-7-12(9-11)17(19)20;/h5-7,9-10H,4,8,15H2,1-3H3,(H,16,18);1H. The van der Waals surface area contributed by atoms with Crippen LogP contribution in [0.15, 0.2) is 24.3 Å². The Kier molecular flexibility index (Phi) is 7.32. The van der Waals surface area contributed by atoms with Crippen LogP contribution in [0.4, 0.5) is 5.69 Å². The van der Waals surface area contributed by atoms with Gasteiger partial charge in [0.25, 0.3) is 5.69 Å². The van der Waals surface area contributed by atoms with Crippen molar-refractivity contribution in [1.29, 1.82) is 0 Å². The van der Waals surface area contributed by atoms with E-state index in [1.807, 2.05) is 6.92 Å². The number of nitrogens with one attached hydrogen (secondary N) is 1. The van der Waals surface area contributed by atoms with Crippen LogP contribution in [0.1, 0.15) is 45.2 Å². The van der Waals surface area contributed by atoms with E-state index in [1.165, 1.54) is 12.1 Å². The second-order valence-corrected chi connectivity index (χ2v) is 5.21. The van der Waals surface area contributed by atoms with Crippen LogP contribution >= 0.6 is 12.4 Å². The summed E-state index contributed by atoms with van der Waals surface area (Å²) in [6, 6.07) is 5.89. The molecule has 1 amide bonds. The lowest BCUT2D eigenvalue weighted by Crippen LogP contribution is -2.52. The average Bonchev–Trinajstić information content (AvgIpc) is 2.38. The lowest BCUT2D eigenvalue weighted by Gasteiger charge is -2.25. The highest BCUT2D eigenvalue weighted by atomic mass is 35.5. The molecular weight excluding hydrogens is 294 g/mol. The summed E-state index contributed by atoms with van der Waals surface area (Å²) in [6.07, 6.45) is 1.39. The van der Waals surface area contributed by atoms with Gasteiger partial charge in [-0.3, -0.25) is 14.9 Å². The summed E-state index contributed by atoms with van der Waals surface area (Å²) in [5, 5.41) is 13.5. The molecule has 2 unspecified atom stereocenters. The summed E-state index contributed by atoms with van der Waals surface area (Å²) >= 11 is 0. The van der Waals surface area contributed by atoms with E-state index in [0.29, 0.717) is 12.0 Å². The Balaban J connectivity index is 0.00000400. The maximum atomic E-state index is 12.1. The molecule has 0 aromatic heterocycles. The molecule has 0 heterocycles. The Morgan fingerprint density at radius 2 is 2.14 bits per heavy atom. The highest BCUT2D eigenvalue weighted by Crippen LogP contribution is 2.20. The second-order valence-electron chi connectivity index (χ2n) is 5.21. The van der Waals surface area contributed by atoms with Crippen LogP contribution in [0.5, 0.6) is 0 Å². The Labute approximate surface area is 130 Å². The van der Waals surface area contributed by atoms with Gasteiger partial charge in [0.2, 0.25) is 5.91 Å². The van der Waals surface area contributed by atoms with E-state index in [4.69, 9.17) is 5.73 Å². The van der Waals surface area contributed by atoms with Crippen LogP contribution in [0.2, 0.25) is 0 Å². The summed E-state index contributed by atoms with van der Waals surface area (Å²) in [4.78, 5) is 22.4. The van der Waals surface area contributed by atoms with E-state index in [9.17, 15) is 14.9 Å². The molecule has 3 N–H and O–H groups in total. The Morgan fingerprint density at radius 3 is 2.67 bits per heavy atom. The smallest absolute Gasteiger partial charge is 0.269 e. The van der Waals surface area contributed by atoms with Crippen molar-refractivity contribution in [2.24, 2.45) is 5.73 Å². The molecule has 7 heteroatoms. The maximum absolute atomic E-state index is 12.1. The number of hydrogen-bond donors (Lipinski definition) is 2. The number of nitro benzene ring substituents is 1. The van der Waals surface area contributed by atoms with Gasteiger partial charge in [-0.1, -0.05) is 25.5 Å². The summed E-state index contributed by atoms with van der Waals surface area (Å²) < 4.78 is 0. The van der Waals surface area contributed by atoms with E-state index in [-0.39, 0.29) is 30.0 Å². The van der Waals surface area contributed by atoms with Gasteiger partial charge in [-0.15, -0.1) is 12.4 Å². The molecule has 0 aliphatic heterocycles. The summed E-state index contributed by atoms with van der Waals surface area (Å²) in [5.74, 6) is -0.252. The van der Waals surface area contributed by atoms with Gasteiger partial charge in [-0.25, -0.2) is 0 Å². The minimum atomic E-state index is -0.927. The molecule has 0 saturated heterocycles. The molecule has 118 valence electrons. The van der Waals surface area contributed by atoms with Crippen LogP contribution in [-0.2, 0) is 4.79 Å². The van der Waals surface area contributed by atoms with Gasteiger partial charge >= 0.3 is 0 Å². The first kappa shape index (κ1) is 19.3. The fourth-order valence-corrected chi connectivity index (χ4v) is 1.99. The van der Waals surface area contributed by atoms with Gasteiger partial charge < -0.3 is 11.1 Å². The predicted octanol–water partition coefficient (Wildman–Crippen LogP) is 2.71. The number of benzene rings is 1. The van der Waals surface area contributed by atoms with Gasteiger partial charge in [-0.2, -0.15) is 0 Å². The van der Waals surface area contributed by atoms with Crippen molar-refractivity contribution >= 4 is 24.0 Å². The first-order valence-electron chi connectivity index (χ1n) is 6.62. The summed E-state index contributed by atoms with van der Waals surface area (Å²) in [6.45, 7) is 5.42. The molecule has 0 saturated carbocycles. The topological polar surface area (TPSA) is 98.3 Å². The van der Waals surface area contributed by atoms with Gasteiger partial charge in [0.05, 0.1) is 16.5 Å². The van der Waals surface area contributed by atoms with E-state index in [1.54, 1.807) is 26.0 Å². The maximum Gasteiger partial charge on any atom is 0.269 e. The van der Waals surface area contributed by atoms with Crippen molar-refractivity contribution in [3.05, 3.63) is 39.9 Å². The van der Waals surface area contributed by atoms with Crippen LogP contribution < -0.4 is 11.1 Å². The van der Waals surface area contributed by atoms with Crippen molar-refractivity contribution in [2.45, 2.75) is 45.2 Å². The van der Waals surface area contributed by atoms with Gasteiger partial charge in [0.1, 0.15) is 0 Å². The molecule has 0 spiro atoms. The molecule has 0 bridgehead atoms. The number of amides is 1. The van der Waals surface area contributed by atoms with Crippen molar-refractivity contribution < 1.29 is 9.72 Å². The predicted molar refractivity (Wildman–Crippen MR) is 84.4 cm³/mol. The number of carbonyl (C=O) groups is 1. The molecule has 1 rings (SSSR count). The highest BCUT2D eigenvalue weighted by Gasteiger charge is 2.28. The number of nitrogens with two attached hydrogens (primary N) is 1. The number of hydrogen-bond acceptors (Lipinski definition) is 4. The van der Waals surface area contributed by atoms with Crippen LogP contribution in [0.3, 0.4) is 0 Å². The third-order valence-electron chi connectivity index (χ3n) is 3.22. The number of rotatable bonds is 6. The van der Waals surface area contributed by atoms with Crippen molar-refractivity contribution in [1.82, 2.24) is 5.32 Å². The number of carbonyl (C=O) groups excluding carboxylic acids is 1. The number of non-ortho nitro benzene ring substituents is 1. The summed E-state index contributed by atoms with van der Waals surface area (Å²) in [7, 11) is 0. The molecule has 1 aromatic rings. The minimum absolute atomic E-state index is 0. The number of halogens is 1. The third-order valence-corrected chi connectivity index (χ3v) is 3.22. The Morgan fingerprint density at radius 1 is 1.52 bits per heavy atom. The first-order valence-corrected chi connectivity index (χ1v) is 6.62. The normalized spacial score (nSPS) is 14.5. The quantitative estimate of drug-likeness (QED) is 0.623. The fourth-order valence-electron chi connectivity index (χ4n) is 1.99. The van der Waals surface area contributed by atoms with Crippen molar-refractivity contribution in [3.63, 3.8) is 0 Å². The third kappa shape index (κ3) is 5.32. The molecule has 6 nitrogen and oxygen atoms in total. The molecule has 0 aliphatic carbocycles. The molecule has 0 aliphatic rings. The van der Waals surface area contributed by atoms with E-state index in [2.05, 4.69) is 5.32 Å². The van der Waals surface area contributed by atoms with Crippen molar-refractivity contribution in [3.8, 4) is 0 Å². The van der Waals surface area contributed by atoms with E-state index in [0.717, 1.165) is 6.42 Å². The lowest BCUT2D eigenvalue weighted by molar-refractivity contribution is -0.384. The SMILES string of the molecule is CCCC(C)(N)C(=O)NC(C)c1cccc([N+](=O)[O-])c1.Cl. The largest absolute Gasteiger partial charge is 0.348 e.